The fourth-order valence-corrected chi connectivity index (χ4v) is 2.61. The van der Waals surface area contributed by atoms with Crippen molar-refractivity contribution in [3.05, 3.63) is 35.1 Å². The van der Waals surface area contributed by atoms with Crippen LogP contribution >= 0.6 is 0 Å². The predicted octanol–water partition coefficient (Wildman–Crippen LogP) is 3.72. The monoisotopic (exact) mass is 235 g/mol. The molecular weight excluding hydrogens is 213 g/mol. The van der Waals surface area contributed by atoms with Crippen LogP contribution in [0.3, 0.4) is 0 Å². The average Bonchev–Trinajstić information content (AvgIpc) is 2.17. The van der Waals surface area contributed by atoms with Gasteiger partial charge >= 0.3 is 0 Å². The van der Waals surface area contributed by atoms with E-state index in [1.165, 1.54) is 12.0 Å². The summed E-state index contributed by atoms with van der Waals surface area (Å²) in [5, 5.41) is 3.41. The second kappa shape index (κ2) is 4.09. The molecule has 1 fully saturated rings. The highest BCUT2D eigenvalue weighted by Gasteiger charge is 2.37. The van der Waals surface area contributed by atoms with Crippen molar-refractivity contribution in [1.29, 1.82) is 0 Å². The molecule has 1 aromatic carbocycles. The summed E-state index contributed by atoms with van der Waals surface area (Å²) in [7, 11) is 2.00. The van der Waals surface area contributed by atoms with Gasteiger partial charge in [-0.3, -0.25) is 0 Å². The summed E-state index contributed by atoms with van der Waals surface area (Å²) in [5.41, 5.74) is 2.00. The standard InChI is InChI=1S/C15H22FN/c1-14(2,3)12-10-11(6-7-13(12)16)15(17-4)8-5-9-15/h6-7,10,17H,5,8-9H2,1-4H3. The van der Waals surface area contributed by atoms with E-state index >= 15 is 0 Å². The maximum Gasteiger partial charge on any atom is 0.126 e. The lowest BCUT2D eigenvalue weighted by molar-refractivity contribution is 0.200. The molecule has 17 heavy (non-hydrogen) atoms. The molecule has 2 rings (SSSR count). The average molecular weight is 235 g/mol. The molecule has 1 saturated carbocycles. The molecule has 0 amide bonds. The first-order valence-corrected chi connectivity index (χ1v) is 6.38. The summed E-state index contributed by atoms with van der Waals surface area (Å²) in [6, 6.07) is 5.60. The summed E-state index contributed by atoms with van der Waals surface area (Å²) in [6.45, 7) is 6.17. The molecule has 2 heteroatoms. The molecule has 0 unspecified atom stereocenters. The van der Waals surface area contributed by atoms with E-state index in [0.717, 1.165) is 18.4 Å². The number of halogens is 1. The van der Waals surface area contributed by atoms with Crippen molar-refractivity contribution in [1.82, 2.24) is 5.32 Å². The molecule has 0 aliphatic heterocycles. The Morgan fingerprint density at radius 2 is 1.88 bits per heavy atom. The Morgan fingerprint density at radius 1 is 1.24 bits per heavy atom. The molecule has 0 atom stereocenters. The van der Waals surface area contributed by atoms with E-state index in [1.54, 1.807) is 6.07 Å². The van der Waals surface area contributed by atoms with Crippen molar-refractivity contribution in [2.75, 3.05) is 7.05 Å². The van der Waals surface area contributed by atoms with E-state index in [9.17, 15) is 4.39 Å². The van der Waals surface area contributed by atoms with Crippen LogP contribution in [-0.4, -0.2) is 7.05 Å². The smallest absolute Gasteiger partial charge is 0.126 e. The minimum Gasteiger partial charge on any atom is -0.310 e. The fraction of sp³-hybridized carbons (Fsp3) is 0.600. The van der Waals surface area contributed by atoms with Crippen LogP contribution in [0.2, 0.25) is 0 Å². The lowest BCUT2D eigenvalue weighted by Gasteiger charge is -2.43. The first kappa shape index (κ1) is 12.6. The normalized spacial score (nSPS) is 18.9. The lowest BCUT2D eigenvalue weighted by Crippen LogP contribution is -2.46. The minimum atomic E-state index is -0.140. The van der Waals surface area contributed by atoms with Gasteiger partial charge in [-0.15, -0.1) is 0 Å². The van der Waals surface area contributed by atoms with Crippen molar-refractivity contribution in [2.45, 2.75) is 51.0 Å². The largest absolute Gasteiger partial charge is 0.310 e. The van der Waals surface area contributed by atoms with Crippen LogP contribution in [0.1, 0.15) is 51.2 Å². The summed E-state index contributed by atoms with van der Waals surface area (Å²) < 4.78 is 13.9. The Kier molecular flexibility index (Phi) is 3.03. The molecule has 0 spiro atoms. The third kappa shape index (κ3) is 2.11. The zero-order valence-corrected chi connectivity index (χ0v) is 11.2. The topological polar surface area (TPSA) is 12.0 Å². The van der Waals surface area contributed by atoms with Gasteiger partial charge in [-0.1, -0.05) is 32.9 Å². The Labute approximate surface area is 103 Å². The number of hydrogen-bond donors (Lipinski definition) is 1. The zero-order valence-electron chi connectivity index (χ0n) is 11.2. The molecule has 0 heterocycles. The second-order valence-electron chi connectivity index (χ2n) is 6.13. The van der Waals surface area contributed by atoms with Crippen molar-refractivity contribution in [3.63, 3.8) is 0 Å². The minimum absolute atomic E-state index is 0.0909. The van der Waals surface area contributed by atoms with E-state index in [2.05, 4.69) is 26.1 Å². The van der Waals surface area contributed by atoms with Crippen LogP contribution in [0.15, 0.2) is 18.2 Å². The Morgan fingerprint density at radius 3 is 2.29 bits per heavy atom. The zero-order chi connectivity index (χ0) is 12.7. The summed E-state index contributed by atoms with van der Waals surface area (Å²) in [4.78, 5) is 0. The summed E-state index contributed by atoms with van der Waals surface area (Å²) in [5.74, 6) is -0.0909. The number of nitrogens with one attached hydrogen (secondary N) is 1. The van der Waals surface area contributed by atoms with Gasteiger partial charge < -0.3 is 5.32 Å². The van der Waals surface area contributed by atoms with Crippen molar-refractivity contribution >= 4 is 0 Å². The number of benzene rings is 1. The van der Waals surface area contributed by atoms with Crippen LogP contribution in [-0.2, 0) is 11.0 Å². The highest BCUT2D eigenvalue weighted by molar-refractivity contribution is 5.35. The first-order chi connectivity index (χ1) is 7.89. The van der Waals surface area contributed by atoms with Gasteiger partial charge in [0, 0.05) is 5.54 Å². The third-order valence-electron chi connectivity index (χ3n) is 4.01. The molecule has 0 aromatic heterocycles. The van der Waals surface area contributed by atoms with E-state index in [1.807, 2.05) is 19.2 Å². The maximum atomic E-state index is 13.9. The van der Waals surface area contributed by atoms with Gasteiger partial charge in [0.15, 0.2) is 0 Å². The van der Waals surface area contributed by atoms with Crippen LogP contribution in [0.5, 0.6) is 0 Å². The van der Waals surface area contributed by atoms with Gasteiger partial charge in [0.25, 0.3) is 0 Å². The SMILES string of the molecule is CNC1(c2ccc(F)c(C(C)(C)C)c2)CCC1. The predicted molar refractivity (Wildman–Crippen MR) is 69.7 cm³/mol. The quantitative estimate of drug-likeness (QED) is 0.823. The molecule has 1 nitrogen and oxygen atoms in total. The first-order valence-electron chi connectivity index (χ1n) is 6.38. The number of rotatable bonds is 2. The van der Waals surface area contributed by atoms with Crippen LogP contribution in [0.4, 0.5) is 4.39 Å². The Balaban J connectivity index is 2.44. The van der Waals surface area contributed by atoms with E-state index < -0.39 is 0 Å². The second-order valence-corrected chi connectivity index (χ2v) is 6.13. The summed E-state index contributed by atoms with van der Waals surface area (Å²) >= 11 is 0. The fourth-order valence-electron chi connectivity index (χ4n) is 2.61. The maximum absolute atomic E-state index is 13.9. The third-order valence-corrected chi connectivity index (χ3v) is 4.01. The highest BCUT2D eigenvalue weighted by atomic mass is 19.1. The van der Waals surface area contributed by atoms with Gasteiger partial charge in [-0.2, -0.15) is 0 Å². The van der Waals surface area contributed by atoms with E-state index in [4.69, 9.17) is 0 Å². The molecular formula is C15H22FN. The van der Waals surface area contributed by atoms with Gasteiger partial charge in [0.05, 0.1) is 0 Å². The van der Waals surface area contributed by atoms with E-state index in [-0.39, 0.29) is 16.8 Å². The lowest BCUT2D eigenvalue weighted by atomic mass is 9.70. The molecule has 94 valence electrons. The van der Waals surface area contributed by atoms with Gasteiger partial charge in [-0.25, -0.2) is 4.39 Å². The van der Waals surface area contributed by atoms with Crippen molar-refractivity contribution < 1.29 is 4.39 Å². The molecule has 1 aliphatic rings. The molecule has 0 bridgehead atoms. The van der Waals surface area contributed by atoms with Crippen LogP contribution in [0.25, 0.3) is 0 Å². The van der Waals surface area contributed by atoms with Crippen LogP contribution in [0, 0.1) is 5.82 Å². The Bertz CT molecular complexity index is 408. The highest BCUT2D eigenvalue weighted by Crippen LogP contribution is 2.42. The van der Waals surface area contributed by atoms with Gasteiger partial charge in [0.2, 0.25) is 0 Å². The summed E-state index contributed by atoms with van der Waals surface area (Å²) in [6.07, 6.45) is 3.56. The van der Waals surface area contributed by atoms with Gasteiger partial charge in [-0.05, 0) is 48.9 Å². The molecule has 0 radical (unpaired) electrons. The Hall–Kier alpha value is -0.890. The van der Waals surface area contributed by atoms with Crippen LogP contribution < -0.4 is 5.32 Å². The molecule has 1 aromatic rings. The molecule has 1 N–H and O–H groups in total. The molecule has 1 aliphatic carbocycles. The number of hydrogen-bond acceptors (Lipinski definition) is 1. The van der Waals surface area contributed by atoms with Gasteiger partial charge in [0.1, 0.15) is 5.82 Å². The van der Waals surface area contributed by atoms with Crippen molar-refractivity contribution in [3.8, 4) is 0 Å². The van der Waals surface area contributed by atoms with E-state index in [0.29, 0.717) is 0 Å². The molecule has 0 saturated heterocycles. The van der Waals surface area contributed by atoms with Crippen molar-refractivity contribution in [2.24, 2.45) is 0 Å².